The molecule has 0 heterocycles. The summed E-state index contributed by atoms with van der Waals surface area (Å²) in [7, 11) is 0. The van der Waals surface area contributed by atoms with E-state index < -0.39 is 0 Å². The minimum absolute atomic E-state index is 0.0814. The second-order valence-corrected chi connectivity index (χ2v) is 13.5. The molecule has 1 heteroatoms. The summed E-state index contributed by atoms with van der Waals surface area (Å²) in [5.74, 6) is 4.40. The van der Waals surface area contributed by atoms with Crippen LogP contribution in [0.3, 0.4) is 0 Å². The van der Waals surface area contributed by atoms with Gasteiger partial charge in [-0.1, -0.05) is 65.3 Å². The third kappa shape index (κ3) is 3.70. The highest BCUT2D eigenvalue weighted by atomic mass is 16.3. The van der Waals surface area contributed by atoms with Gasteiger partial charge in [0.1, 0.15) is 0 Å². The number of hydrogen-bond donors (Lipinski definition) is 1. The predicted molar refractivity (Wildman–Crippen MR) is 133 cm³/mol. The Kier molecular flexibility index (Phi) is 6.11. The van der Waals surface area contributed by atoms with Crippen molar-refractivity contribution >= 4 is 0 Å². The van der Waals surface area contributed by atoms with Crippen LogP contribution in [0.1, 0.15) is 106 Å². The molecular formula is C30H50O. The van der Waals surface area contributed by atoms with Crippen LogP contribution in [0, 0.1) is 51.8 Å². The quantitative estimate of drug-likeness (QED) is 0.439. The smallest absolute Gasteiger partial charge is 0.0568 e. The molecule has 0 spiro atoms. The van der Waals surface area contributed by atoms with Gasteiger partial charge in [0.15, 0.2) is 0 Å². The fourth-order valence-corrected chi connectivity index (χ4v) is 8.92. The van der Waals surface area contributed by atoms with Gasteiger partial charge in [-0.05, 0) is 116 Å². The molecule has 0 aromatic rings. The van der Waals surface area contributed by atoms with E-state index in [2.05, 4.69) is 61.1 Å². The summed E-state index contributed by atoms with van der Waals surface area (Å²) in [6, 6.07) is 0. The maximum Gasteiger partial charge on any atom is 0.0568 e. The van der Waals surface area contributed by atoms with Gasteiger partial charge in [0, 0.05) is 0 Å². The Hall–Kier alpha value is -0.560. The molecule has 3 saturated carbocycles. The van der Waals surface area contributed by atoms with E-state index in [1.807, 2.05) is 5.57 Å². The maximum atomic E-state index is 10.5. The molecule has 0 aromatic carbocycles. The highest BCUT2D eigenvalue weighted by molar-refractivity contribution is 5.28. The van der Waals surface area contributed by atoms with Crippen LogP contribution in [0.4, 0.5) is 0 Å². The van der Waals surface area contributed by atoms with E-state index in [-0.39, 0.29) is 11.5 Å². The highest BCUT2D eigenvalue weighted by Crippen LogP contribution is 2.67. The molecule has 0 radical (unpaired) electrons. The number of hydrogen-bond acceptors (Lipinski definition) is 1. The topological polar surface area (TPSA) is 20.2 Å². The minimum Gasteiger partial charge on any atom is -0.393 e. The van der Waals surface area contributed by atoms with Crippen LogP contribution >= 0.6 is 0 Å². The summed E-state index contributed by atoms with van der Waals surface area (Å²) >= 11 is 0. The van der Waals surface area contributed by atoms with Gasteiger partial charge in [0.2, 0.25) is 0 Å². The summed E-state index contributed by atoms with van der Waals surface area (Å²) in [6.45, 7) is 21.3. The van der Waals surface area contributed by atoms with E-state index in [9.17, 15) is 5.11 Å². The van der Waals surface area contributed by atoms with Crippen molar-refractivity contribution < 1.29 is 5.11 Å². The molecule has 4 aliphatic rings. The molecule has 0 aromatic heterocycles. The van der Waals surface area contributed by atoms with E-state index in [0.29, 0.717) is 22.7 Å². The molecule has 3 fully saturated rings. The molecule has 4 aliphatic carbocycles. The fraction of sp³-hybridized carbons (Fsp3) is 0.867. The first-order valence-corrected chi connectivity index (χ1v) is 13.5. The van der Waals surface area contributed by atoms with Crippen molar-refractivity contribution in [3.8, 4) is 0 Å². The second kappa shape index (κ2) is 8.03. The lowest BCUT2D eigenvalue weighted by molar-refractivity contribution is -0.0774. The molecule has 4 rings (SSSR count). The van der Waals surface area contributed by atoms with E-state index in [4.69, 9.17) is 0 Å². The average Bonchev–Trinajstić information content (AvgIpc) is 3.06. The Morgan fingerprint density at radius 1 is 1.13 bits per heavy atom. The van der Waals surface area contributed by atoms with Gasteiger partial charge in [-0.2, -0.15) is 0 Å². The van der Waals surface area contributed by atoms with Crippen LogP contribution in [0.2, 0.25) is 0 Å². The largest absolute Gasteiger partial charge is 0.393 e. The van der Waals surface area contributed by atoms with Crippen molar-refractivity contribution in [2.45, 2.75) is 112 Å². The summed E-state index contributed by atoms with van der Waals surface area (Å²) in [5, 5.41) is 10.5. The zero-order chi connectivity index (χ0) is 22.8. The predicted octanol–water partition coefficient (Wildman–Crippen LogP) is 8.19. The standard InChI is InChI=1S/C30H50O/c1-19(2)28(5,6)16-13-20(3)23-11-12-25-22-9-10-24-21(4)27(31)15-18-30(24,8)26(22)14-17-29(23,25)7/h9,20-21,23-27,31H,1,10-18H2,2-8H3. The van der Waals surface area contributed by atoms with Crippen LogP contribution in [-0.2, 0) is 0 Å². The van der Waals surface area contributed by atoms with Crippen LogP contribution < -0.4 is 0 Å². The summed E-state index contributed by atoms with van der Waals surface area (Å²) in [5.41, 5.74) is 4.37. The Morgan fingerprint density at radius 3 is 2.45 bits per heavy atom. The lowest BCUT2D eigenvalue weighted by Gasteiger charge is -2.59. The fourth-order valence-electron chi connectivity index (χ4n) is 8.92. The Morgan fingerprint density at radius 2 is 1.77 bits per heavy atom. The third-order valence-electron chi connectivity index (χ3n) is 11.7. The highest BCUT2D eigenvalue weighted by Gasteiger charge is 2.59. The van der Waals surface area contributed by atoms with Gasteiger partial charge in [0.25, 0.3) is 0 Å². The zero-order valence-corrected chi connectivity index (χ0v) is 21.6. The zero-order valence-electron chi connectivity index (χ0n) is 21.6. The first-order valence-electron chi connectivity index (χ1n) is 13.5. The van der Waals surface area contributed by atoms with Crippen molar-refractivity contribution in [3.63, 3.8) is 0 Å². The normalized spacial score (nSPS) is 45.9. The van der Waals surface area contributed by atoms with Gasteiger partial charge in [-0.25, -0.2) is 0 Å². The molecule has 0 bridgehead atoms. The van der Waals surface area contributed by atoms with Crippen molar-refractivity contribution in [2.24, 2.45) is 51.8 Å². The van der Waals surface area contributed by atoms with Gasteiger partial charge >= 0.3 is 0 Å². The monoisotopic (exact) mass is 426 g/mol. The number of rotatable bonds is 5. The number of aliphatic hydroxyl groups excluding tert-OH is 1. The van der Waals surface area contributed by atoms with E-state index in [0.717, 1.165) is 30.1 Å². The first-order chi connectivity index (χ1) is 14.4. The Labute approximate surface area is 193 Å². The minimum atomic E-state index is -0.0814. The van der Waals surface area contributed by atoms with Gasteiger partial charge < -0.3 is 5.11 Å². The van der Waals surface area contributed by atoms with Gasteiger partial charge in [-0.15, -0.1) is 0 Å². The molecule has 1 nitrogen and oxygen atoms in total. The van der Waals surface area contributed by atoms with Crippen molar-refractivity contribution in [3.05, 3.63) is 23.8 Å². The SMILES string of the molecule is C=C(C)C(C)(C)CCC(C)C1CCC2C3=CCC4C(C)C(O)CCC4(C)C3CCC21C. The molecule has 0 aliphatic heterocycles. The third-order valence-corrected chi connectivity index (χ3v) is 11.7. The van der Waals surface area contributed by atoms with Gasteiger partial charge in [-0.3, -0.25) is 0 Å². The van der Waals surface area contributed by atoms with E-state index >= 15 is 0 Å². The number of aliphatic hydroxyl groups is 1. The number of fused-ring (bicyclic) bond motifs is 5. The first kappa shape index (κ1) is 23.6. The summed E-state index contributed by atoms with van der Waals surface area (Å²) in [4.78, 5) is 0. The lowest BCUT2D eigenvalue weighted by atomic mass is 9.46. The second-order valence-electron chi connectivity index (χ2n) is 13.5. The summed E-state index contributed by atoms with van der Waals surface area (Å²) in [6.07, 6.45) is 14.3. The van der Waals surface area contributed by atoms with Crippen molar-refractivity contribution in [1.29, 1.82) is 0 Å². The molecule has 9 unspecified atom stereocenters. The molecule has 0 saturated heterocycles. The van der Waals surface area contributed by atoms with E-state index in [1.54, 1.807) is 0 Å². The lowest BCUT2D eigenvalue weighted by Crippen LogP contribution is -2.52. The molecule has 0 amide bonds. The summed E-state index contributed by atoms with van der Waals surface area (Å²) < 4.78 is 0. The molecule has 1 N–H and O–H groups in total. The van der Waals surface area contributed by atoms with Crippen LogP contribution in [0.15, 0.2) is 23.8 Å². The van der Waals surface area contributed by atoms with Crippen LogP contribution in [0.25, 0.3) is 0 Å². The molecule has 9 atom stereocenters. The Balaban J connectivity index is 1.52. The number of allylic oxidation sites excluding steroid dienone is 3. The average molecular weight is 427 g/mol. The Bertz CT molecular complexity index is 731. The van der Waals surface area contributed by atoms with Crippen molar-refractivity contribution in [2.75, 3.05) is 0 Å². The molecule has 31 heavy (non-hydrogen) atoms. The van der Waals surface area contributed by atoms with Crippen LogP contribution in [-0.4, -0.2) is 11.2 Å². The molecule has 176 valence electrons. The van der Waals surface area contributed by atoms with Crippen LogP contribution in [0.5, 0.6) is 0 Å². The van der Waals surface area contributed by atoms with E-state index in [1.165, 1.54) is 56.9 Å². The van der Waals surface area contributed by atoms with Crippen molar-refractivity contribution in [1.82, 2.24) is 0 Å². The maximum absolute atomic E-state index is 10.5. The molecular weight excluding hydrogens is 376 g/mol. The van der Waals surface area contributed by atoms with Gasteiger partial charge in [0.05, 0.1) is 6.10 Å².